The standard InChI is InChI=1S/C17H24FN3/c1-17(2,3)15-12-21(16-14(15)5-4-8-19-16)13-6-9-20(11-13)10-7-18/h4-5,8,12-13H,6-7,9-11H2,1-3H3/t13-/m1/s1. The van der Waals surface area contributed by atoms with Gasteiger partial charge in [-0.05, 0) is 29.5 Å². The number of nitrogens with zero attached hydrogens (tertiary/aromatic N) is 3. The third-order valence-electron chi connectivity index (χ3n) is 4.44. The molecule has 3 nitrogen and oxygen atoms in total. The van der Waals surface area contributed by atoms with Crippen molar-refractivity contribution in [3.63, 3.8) is 0 Å². The minimum absolute atomic E-state index is 0.101. The SMILES string of the molecule is CC(C)(C)c1cn([C@@H]2CCN(CCF)C2)c2ncccc12. The minimum atomic E-state index is -0.259. The van der Waals surface area contributed by atoms with Crippen LogP contribution < -0.4 is 0 Å². The first-order valence-corrected chi connectivity index (χ1v) is 7.75. The quantitative estimate of drug-likeness (QED) is 0.861. The van der Waals surface area contributed by atoms with Crippen LogP contribution in [0.5, 0.6) is 0 Å². The van der Waals surface area contributed by atoms with E-state index in [4.69, 9.17) is 0 Å². The van der Waals surface area contributed by atoms with Crippen LogP contribution in [-0.4, -0.2) is 40.8 Å². The normalized spacial score (nSPS) is 20.5. The lowest BCUT2D eigenvalue weighted by Crippen LogP contribution is -2.23. The highest BCUT2D eigenvalue weighted by Crippen LogP contribution is 2.34. The molecule has 4 heteroatoms. The van der Waals surface area contributed by atoms with Crippen molar-refractivity contribution < 1.29 is 4.39 Å². The molecule has 1 aliphatic heterocycles. The monoisotopic (exact) mass is 289 g/mol. The van der Waals surface area contributed by atoms with E-state index in [1.807, 2.05) is 12.3 Å². The maximum atomic E-state index is 12.5. The van der Waals surface area contributed by atoms with Crippen molar-refractivity contribution in [2.24, 2.45) is 0 Å². The van der Waals surface area contributed by atoms with Gasteiger partial charge < -0.3 is 4.57 Å². The summed E-state index contributed by atoms with van der Waals surface area (Å²) in [5.41, 5.74) is 2.51. The second kappa shape index (κ2) is 5.41. The van der Waals surface area contributed by atoms with Gasteiger partial charge in [0.05, 0.1) is 0 Å². The zero-order valence-corrected chi connectivity index (χ0v) is 13.1. The molecular formula is C17H24FN3. The van der Waals surface area contributed by atoms with Crippen molar-refractivity contribution in [3.8, 4) is 0 Å². The maximum absolute atomic E-state index is 12.5. The summed E-state index contributed by atoms with van der Waals surface area (Å²) in [7, 11) is 0. The molecular weight excluding hydrogens is 265 g/mol. The summed E-state index contributed by atoms with van der Waals surface area (Å²) in [6.07, 6.45) is 5.20. The van der Waals surface area contributed by atoms with Crippen LogP contribution in [0.4, 0.5) is 4.39 Å². The average Bonchev–Trinajstić information content (AvgIpc) is 3.02. The van der Waals surface area contributed by atoms with Gasteiger partial charge in [-0.1, -0.05) is 20.8 Å². The van der Waals surface area contributed by atoms with Crippen molar-refractivity contribution in [1.29, 1.82) is 0 Å². The third-order valence-corrected chi connectivity index (χ3v) is 4.44. The summed E-state index contributed by atoms with van der Waals surface area (Å²) in [6.45, 7) is 8.91. The molecule has 1 saturated heterocycles. The van der Waals surface area contributed by atoms with E-state index >= 15 is 0 Å². The first-order chi connectivity index (χ1) is 10.0. The van der Waals surface area contributed by atoms with Gasteiger partial charge >= 0.3 is 0 Å². The van der Waals surface area contributed by atoms with Crippen molar-refractivity contribution in [2.75, 3.05) is 26.3 Å². The fourth-order valence-electron chi connectivity index (χ4n) is 3.32. The van der Waals surface area contributed by atoms with E-state index in [9.17, 15) is 4.39 Å². The van der Waals surface area contributed by atoms with Crippen LogP contribution >= 0.6 is 0 Å². The smallest absolute Gasteiger partial charge is 0.140 e. The topological polar surface area (TPSA) is 21.1 Å². The summed E-state index contributed by atoms with van der Waals surface area (Å²) in [4.78, 5) is 6.81. The van der Waals surface area contributed by atoms with E-state index in [1.165, 1.54) is 10.9 Å². The van der Waals surface area contributed by atoms with Gasteiger partial charge in [-0.2, -0.15) is 0 Å². The lowest BCUT2D eigenvalue weighted by atomic mass is 9.87. The molecule has 3 heterocycles. The van der Waals surface area contributed by atoms with E-state index in [2.05, 4.69) is 47.5 Å². The van der Waals surface area contributed by atoms with Crippen LogP contribution in [0.15, 0.2) is 24.5 Å². The number of rotatable bonds is 3. The molecule has 2 aromatic heterocycles. The molecule has 114 valence electrons. The van der Waals surface area contributed by atoms with E-state index in [0.717, 1.165) is 25.2 Å². The fraction of sp³-hybridized carbons (Fsp3) is 0.588. The first-order valence-electron chi connectivity index (χ1n) is 7.75. The highest BCUT2D eigenvalue weighted by atomic mass is 19.1. The number of aromatic nitrogens is 2. The molecule has 1 fully saturated rings. The van der Waals surface area contributed by atoms with E-state index in [0.29, 0.717) is 12.6 Å². The molecule has 0 spiro atoms. The largest absolute Gasteiger partial charge is 0.328 e. The Morgan fingerprint density at radius 3 is 2.90 bits per heavy atom. The van der Waals surface area contributed by atoms with E-state index in [-0.39, 0.29) is 12.1 Å². The summed E-state index contributed by atoms with van der Waals surface area (Å²) in [5, 5.41) is 1.24. The summed E-state index contributed by atoms with van der Waals surface area (Å²) in [5.74, 6) is 0. The number of likely N-dealkylation sites (tertiary alicyclic amines) is 1. The maximum Gasteiger partial charge on any atom is 0.140 e. The van der Waals surface area contributed by atoms with Crippen LogP contribution in [0.1, 0.15) is 38.8 Å². The summed E-state index contributed by atoms with van der Waals surface area (Å²) in [6, 6.07) is 4.57. The van der Waals surface area contributed by atoms with Crippen LogP contribution in [0, 0.1) is 0 Å². The Morgan fingerprint density at radius 2 is 2.19 bits per heavy atom. The van der Waals surface area contributed by atoms with E-state index < -0.39 is 0 Å². The molecule has 3 rings (SSSR count). The Kier molecular flexibility index (Phi) is 3.74. The molecule has 0 unspecified atom stereocenters. The lowest BCUT2D eigenvalue weighted by molar-refractivity contribution is 0.288. The number of pyridine rings is 1. The van der Waals surface area contributed by atoms with Crippen molar-refractivity contribution >= 4 is 11.0 Å². The van der Waals surface area contributed by atoms with Crippen LogP contribution in [0.3, 0.4) is 0 Å². The van der Waals surface area contributed by atoms with Gasteiger partial charge in [0.25, 0.3) is 0 Å². The summed E-state index contributed by atoms with van der Waals surface area (Å²) >= 11 is 0. The minimum Gasteiger partial charge on any atom is -0.328 e. The van der Waals surface area contributed by atoms with Gasteiger partial charge in [0.1, 0.15) is 12.3 Å². The molecule has 21 heavy (non-hydrogen) atoms. The molecule has 1 atom stereocenters. The second-order valence-electron chi connectivity index (χ2n) is 7.01. The van der Waals surface area contributed by atoms with Gasteiger partial charge in [-0.3, -0.25) is 4.90 Å². The number of hydrogen-bond acceptors (Lipinski definition) is 2. The number of alkyl halides is 1. The lowest BCUT2D eigenvalue weighted by Gasteiger charge is -2.18. The molecule has 1 aliphatic rings. The van der Waals surface area contributed by atoms with Crippen molar-refractivity contribution in [1.82, 2.24) is 14.5 Å². The number of fused-ring (bicyclic) bond motifs is 1. The van der Waals surface area contributed by atoms with Gasteiger partial charge in [0.15, 0.2) is 0 Å². The van der Waals surface area contributed by atoms with Crippen LogP contribution in [0.25, 0.3) is 11.0 Å². The molecule has 2 aromatic rings. The molecule has 0 aromatic carbocycles. The fourth-order valence-corrected chi connectivity index (χ4v) is 3.32. The molecule has 0 radical (unpaired) electrons. The molecule has 0 N–H and O–H groups in total. The third kappa shape index (κ3) is 2.69. The predicted molar refractivity (Wildman–Crippen MR) is 84.5 cm³/mol. The van der Waals surface area contributed by atoms with Crippen molar-refractivity contribution in [2.45, 2.75) is 38.6 Å². The van der Waals surface area contributed by atoms with Crippen molar-refractivity contribution in [3.05, 3.63) is 30.1 Å². The van der Waals surface area contributed by atoms with Gasteiger partial charge in [0.2, 0.25) is 0 Å². The molecule has 0 amide bonds. The van der Waals surface area contributed by atoms with Gasteiger partial charge in [0, 0.05) is 43.5 Å². The van der Waals surface area contributed by atoms with Gasteiger partial charge in [-0.15, -0.1) is 0 Å². The van der Waals surface area contributed by atoms with Gasteiger partial charge in [-0.25, -0.2) is 9.37 Å². The zero-order chi connectivity index (χ0) is 15.0. The molecule has 0 aliphatic carbocycles. The first kappa shape index (κ1) is 14.5. The van der Waals surface area contributed by atoms with E-state index in [1.54, 1.807) is 0 Å². The van der Waals surface area contributed by atoms with Crippen LogP contribution in [0.2, 0.25) is 0 Å². The second-order valence-corrected chi connectivity index (χ2v) is 7.01. The number of hydrogen-bond donors (Lipinski definition) is 0. The molecule has 0 saturated carbocycles. The highest BCUT2D eigenvalue weighted by molar-refractivity contribution is 5.81. The van der Waals surface area contributed by atoms with Crippen LogP contribution in [-0.2, 0) is 5.41 Å². The molecule has 0 bridgehead atoms. The summed E-state index contributed by atoms with van der Waals surface area (Å²) < 4.78 is 14.8. The Hall–Kier alpha value is -1.42. The highest BCUT2D eigenvalue weighted by Gasteiger charge is 2.28. The predicted octanol–water partition coefficient (Wildman–Crippen LogP) is 3.55. The Balaban J connectivity index is 2.00. The number of halogens is 1. The Labute approximate surface area is 125 Å². The Morgan fingerprint density at radius 1 is 1.38 bits per heavy atom. The zero-order valence-electron chi connectivity index (χ0n) is 13.1. The average molecular weight is 289 g/mol. The Bertz CT molecular complexity index is 626.